The first kappa shape index (κ1) is 18.8. The van der Waals surface area contributed by atoms with Crippen LogP contribution in [0, 0.1) is 5.92 Å². The molecule has 0 N–H and O–H groups in total. The summed E-state index contributed by atoms with van der Waals surface area (Å²) in [4.78, 5) is 38.5. The van der Waals surface area contributed by atoms with E-state index < -0.39 is 28.9 Å². The first-order valence-electron chi connectivity index (χ1n) is 8.76. The molecule has 0 unspecified atom stereocenters. The van der Waals surface area contributed by atoms with Crippen LogP contribution >= 0.6 is 0 Å². The van der Waals surface area contributed by atoms with Gasteiger partial charge in [-0.3, -0.25) is 14.4 Å². The zero-order chi connectivity index (χ0) is 19.7. The third kappa shape index (κ3) is 3.03. The summed E-state index contributed by atoms with van der Waals surface area (Å²) in [5.74, 6) is -2.29. The van der Waals surface area contributed by atoms with Crippen LogP contribution in [0.3, 0.4) is 0 Å². The van der Waals surface area contributed by atoms with Gasteiger partial charge in [-0.2, -0.15) is 0 Å². The predicted molar refractivity (Wildman–Crippen MR) is 99.8 cm³/mol. The van der Waals surface area contributed by atoms with E-state index in [-0.39, 0.29) is 18.6 Å². The van der Waals surface area contributed by atoms with Crippen LogP contribution in [-0.4, -0.2) is 30.4 Å². The Bertz CT molecular complexity index is 851. The van der Waals surface area contributed by atoms with Gasteiger partial charge in [0.25, 0.3) is 0 Å². The van der Waals surface area contributed by atoms with Crippen LogP contribution in [-0.2, 0) is 29.3 Å². The van der Waals surface area contributed by atoms with Crippen molar-refractivity contribution < 1.29 is 23.9 Å². The largest absolute Gasteiger partial charge is 0.468 e. The van der Waals surface area contributed by atoms with Gasteiger partial charge in [-0.05, 0) is 18.1 Å². The molecule has 2 bridgehead atoms. The number of carbonyl (C=O) groups excluding carboxylic acids is 3. The number of rotatable bonds is 3. The summed E-state index contributed by atoms with van der Waals surface area (Å²) in [5.41, 5.74) is -1.43. The van der Waals surface area contributed by atoms with E-state index >= 15 is 0 Å². The normalized spacial score (nSPS) is 29.6. The van der Waals surface area contributed by atoms with Crippen LogP contribution < -0.4 is 0 Å². The van der Waals surface area contributed by atoms with Gasteiger partial charge in [0.05, 0.1) is 13.0 Å². The van der Waals surface area contributed by atoms with Crippen molar-refractivity contribution >= 4 is 17.7 Å². The van der Waals surface area contributed by atoms with Crippen molar-refractivity contribution in [1.29, 1.82) is 0 Å². The second kappa shape index (κ2) is 6.99. The molecule has 5 heteroatoms. The molecule has 140 valence electrons. The van der Waals surface area contributed by atoms with Crippen molar-refractivity contribution in [2.24, 2.45) is 5.92 Å². The van der Waals surface area contributed by atoms with Crippen LogP contribution in [0.2, 0.25) is 0 Å². The second-order valence-electron chi connectivity index (χ2n) is 7.00. The fraction of sp³-hybridized carbons (Fsp3) is 0.318. The van der Waals surface area contributed by atoms with E-state index in [0.29, 0.717) is 11.1 Å². The minimum absolute atomic E-state index is 0.131. The van der Waals surface area contributed by atoms with Crippen LogP contribution in [0.15, 0.2) is 66.8 Å². The Morgan fingerprint density at radius 1 is 1.15 bits per heavy atom. The van der Waals surface area contributed by atoms with Gasteiger partial charge in [0.2, 0.25) is 0 Å². The molecule has 0 heterocycles. The van der Waals surface area contributed by atoms with Crippen LogP contribution in [0.4, 0.5) is 0 Å². The summed E-state index contributed by atoms with van der Waals surface area (Å²) in [6, 6.07) is 9.09. The Morgan fingerprint density at radius 2 is 1.85 bits per heavy atom. The topological polar surface area (TPSA) is 69.7 Å². The van der Waals surface area contributed by atoms with Crippen LogP contribution in [0.25, 0.3) is 0 Å². The third-order valence-corrected chi connectivity index (χ3v) is 5.22. The van der Waals surface area contributed by atoms with Gasteiger partial charge in [0.1, 0.15) is 5.41 Å². The van der Waals surface area contributed by atoms with Crippen molar-refractivity contribution in [3.05, 3.63) is 72.4 Å². The summed E-state index contributed by atoms with van der Waals surface area (Å²) in [5, 5.41) is 0. The van der Waals surface area contributed by atoms with Crippen molar-refractivity contribution in [3.8, 4) is 0 Å². The average Bonchev–Trinajstić information content (AvgIpc) is 2.84. The molecule has 0 radical (unpaired) electrons. The summed E-state index contributed by atoms with van der Waals surface area (Å²) in [6.45, 7) is 5.35. The number of Topliss-reactive ketones (excluding diaryl/α,β-unsaturated/α-hetero) is 1. The minimum Gasteiger partial charge on any atom is -0.468 e. The molecule has 0 spiro atoms. The number of methoxy groups -OCH3 is 1. The minimum atomic E-state index is -1.47. The quantitative estimate of drug-likeness (QED) is 0.607. The number of allylic oxidation sites excluding steroid dienone is 3. The van der Waals surface area contributed by atoms with Gasteiger partial charge >= 0.3 is 11.9 Å². The first-order valence-corrected chi connectivity index (χ1v) is 8.76. The highest BCUT2D eigenvalue weighted by molar-refractivity contribution is 6.02. The van der Waals surface area contributed by atoms with Gasteiger partial charge in [-0.1, -0.05) is 60.7 Å². The van der Waals surface area contributed by atoms with Crippen molar-refractivity contribution in [1.82, 2.24) is 0 Å². The Morgan fingerprint density at radius 3 is 2.48 bits per heavy atom. The lowest BCUT2D eigenvalue weighted by molar-refractivity contribution is -0.163. The maximum atomic E-state index is 13.6. The Kier molecular flexibility index (Phi) is 4.87. The number of hydrogen-bond acceptors (Lipinski definition) is 5. The summed E-state index contributed by atoms with van der Waals surface area (Å²) >= 11 is 0. The lowest BCUT2D eigenvalue weighted by Crippen LogP contribution is -2.51. The molecule has 1 aromatic rings. The Hall–Kier alpha value is -2.95. The smallest absolute Gasteiger partial charge is 0.317 e. The molecule has 2 aliphatic carbocycles. The SMILES string of the molecule is C=C1C[C@](C(=O)OC)(c2ccccc2)[C@H]2C=CC=C[C@](OC(C)=O)(C1)C2=O. The number of benzene rings is 1. The molecule has 2 aliphatic rings. The highest BCUT2D eigenvalue weighted by Crippen LogP contribution is 2.48. The maximum Gasteiger partial charge on any atom is 0.317 e. The molecular formula is C22H22O5. The highest BCUT2D eigenvalue weighted by Gasteiger charge is 2.58. The fourth-order valence-corrected chi connectivity index (χ4v) is 4.18. The molecule has 5 nitrogen and oxygen atoms in total. The monoisotopic (exact) mass is 366 g/mol. The number of fused-ring (bicyclic) bond motifs is 2. The number of carbonyl (C=O) groups is 3. The standard InChI is InChI=1S/C22H22O5/c1-15-13-21(27-16(2)23)12-8-7-11-18(19(21)24)22(14-15,20(25)26-3)17-9-5-4-6-10-17/h4-12,18H,1,13-14H2,2-3H3/t18-,21-,22-/m0/s1. The second-order valence-corrected chi connectivity index (χ2v) is 7.00. The molecule has 3 atom stereocenters. The summed E-state index contributed by atoms with van der Waals surface area (Å²) < 4.78 is 10.7. The summed E-state index contributed by atoms with van der Waals surface area (Å²) in [6.07, 6.45) is 7.01. The van der Waals surface area contributed by atoms with E-state index in [9.17, 15) is 14.4 Å². The van der Waals surface area contributed by atoms with E-state index in [0.717, 1.165) is 0 Å². The van der Waals surface area contributed by atoms with Crippen LogP contribution in [0.5, 0.6) is 0 Å². The fourth-order valence-electron chi connectivity index (χ4n) is 4.18. The molecule has 1 aromatic carbocycles. The third-order valence-electron chi connectivity index (χ3n) is 5.22. The van der Waals surface area contributed by atoms with E-state index in [2.05, 4.69) is 6.58 Å². The van der Waals surface area contributed by atoms with E-state index in [1.165, 1.54) is 14.0 Å². The van der Waals surface area contributed by atoms with Crippen molar-refractivity contribution in [2.75, 3.05) is 7.11 Å². The lowest BCUT2D eigenvalue weighted by Gasteiger charge is -2.36. The van der Waals surface area contributed by atoms with Gasteiger partial charge in [-0.15, -0.1) is 0 Å². The van der Waals surface area contributed by atoms with Gasteiger partial charge in [-0.25, -0.2) is 0 Å². The number of ether oxygens (including phenoxy) is 2. The Labute approximate surface area is 158 Å². The molecule has 1 fully saturated rings. The molecule has 0 amide bonds. The average molecular weight is 366 g/mol. The van der Waals surface area contributed by atoms with Gasteiger partial charge in [0.15, 0.2) is 11.4 Å². The molecule has 3 rings (SSSR count). The molecule has 1 saturated carbocycles. The van der Waals surface area contributed by atoms with Gasteiger partial charge < -0.3 is 9.47 Å². The number of esters is 2. The zero-order valence-corrected chi connectivity index (χ0v) is 15.4. The zero-order valence-electron chi connectivity index (χ0n) is 15.4. The van der Waals surface area contributed by atoms with E-state index in [4.69, 9.17) is 9.47 Å². The molecule has 0 aliphatic heterocycles. The van der Waals surface area contributed by atoms with E-state index in [1.54, 1.807) is 24.3 Å². The van der Waals surface area contributed by atoms with Crippen molar-refractivity contribution in [3.63, 3.8) is 0 Å². The molecule has 0 aromatic heterocycles. The van der Waals surface area contributed by atoms with Crippen LogP contribution in [0.1, 0.15) is 25.3 Å². The predicted octanol–water partition coefficient (Wildman–Crippen LogP) is 3.06. The molecule has 27 heavy (non-hydrogen) atoms. The van der Waals surface area contributed by atoms with Crippen molar-refractivity contribution in [2.45, 2.75) is 30.8 Å². The van der Waals surface area contributed by atoms with Gasteiger partial charge in [0, 0.05) is 13.3 Å². The Balaban J connectivity index is 2.28. The maximum absolute atomic E-state index is 13.6. The highest BCUT2D eigenvalue weighted by atomic mass is 16.6. The first-order chi connectivity index (χ1) is 12.9. The molecular weight excluding hydrogens is 344 g/mol. The number of ketones is 1. The number of hydrogen-bond donors (Lipinski definition) is 0. The summed E-state index contributed by atoms with van der Waals surface area (Å²) in [7, 11) is 1.31. The molecule has 0 saturated heterocycles. The lowest BCUT2D eigenvalue weighted by atomic mass is 9.65. The van der Waals surface area contributed by atoms with E-state index in [1.807, 2.05) is 30.3 Å².